The Labute approximate surface area is 128 Å². The number of ether oxygens (including phenoxy) is 1. The number of nitrogens with zero attached hydrogens (tertiary/aromatic N) is 1. The average molecular weight is 292 g/mol. The van der Waals surface area contributed by atoms with Crippen molar-refractivity contribution in [3.8, 4) is 0 Å². The quantitative estimate of drug-likeness (QED) is 0.745. The molecule has 0 aliphatic rings. The molecule has 0 fully saturated rings. The lowest BCUT2D eigenvalue weighted by Gasteiger charge is -2.08. The highest BCUT2D eigenvalue weighted by atomic mass is 16.5. The van der Waals surface area contributed by atoms with E-state index in [1.165, 1.54) is 7.11 Å². The van der Waals surface area contributed by atoms with Crippen molar-refractivity contribution in [2.24, 2.45) is 0 Å². The Balaban J connectivity index is 1.75. The Morgan fingerprint density at radius 1 is 1.09 bits per heavy atom. The first-order chi connectivity index (χ1) is 10.7. The predicted molar refractivity (Wildman–Crippen MR) is 87.2 cm³/mol. The molecule has 3 rings (SSSR count). The number of hydrogen-bond donors (Lipinski definition) is 1. The molecule has 3 aromatic rings. The first-order valence-corrected chi connectivity index (χ1v) is 7.02. The number of nitrogens with one attached hydrogen (secondary N) is 1. The summed E-state index contributed by atoms with van der Waals surface area (Å²) in [4.78, 5) is 15.7. The van der Waals surface area contributed by atoms with Gasteiger partial charge in [0.05, 0.1) is 30.9 Å². The lowest BCUT2D eigenvalue weighted by Crippen LogP contribution is -2.04. The minimum Gasteiger partial charge on any atom is -0.469 e. The van der Waals surface area contributed by atoms with Crippen LogP contribution in [0.25, 0.3) is 10.9 Å². The zero-order valence-corrected chi connectivity index (χ0v) is 12.2. The van der Waals surface area contributed by atoms with E-state index in [2.05, 4.69) is 21.1 Å². The topological polar surface area (TPSA) is 51.2 Å². The third kappa shape index (κ3) is 3.23. The Morgan fingerprint density at radius 3 is 2.64 bits per heavy atom. The average Bonchev–Trinajstić information content (AvgIpc) is 2.56. The van der Waals surface area contributed by atoms with Gasteiger partial charge in [-0.2, -0.15) is 0 Å². The lowest BCUT2D eigenvalue weighted by molar-refractivity contribution is -0.139. The number of pyridine rings is 1. The van der Waals surface area contributed by atoms with Crippen LogP contribution in [-0.4, -0.2) is 18.1 Å². The summed E-state index contributed by atoms with van der Waals surface area (Å²) < 4.78 is 4.66. The van der Waals surface area contributed by atoms with E-state index < -0.39 is 0 Å². The summed E-state index contributed by atoms with van der Waals surface area (Å²) in [5.41, 5.74) is 3.78. The fraction of sp³-hybridized carbons (Fsp3) is 0.111. The van der Waals surface area contributed by atoms with Crippen LogP contribution in [0.3, 0.4) is 0 Å². The molecule has 1 heterocycles. The number of anilines is 2. The summed E-state index contributed by atoms with van der Waals surface area (Å²) in [5.74, 6) is -0.237. The number of fused-ring (bicyclic) bond motifs is 1. The molecule has 110 valence electrons. The Hall–Kier alpha value is -2.88. The molecule has 0 aliphatic carbocycles. The van der Waals surface area contributed by atoms with E-state index in [-0.39, 0.29) is 12.4 Å². The van der Waals surface area contributed by atoms with Crippen LogP contribution in [0.15, 0.2) is 60.8 Å². The van der Waals surface area contributed by atoms with Crippen LogP contribution >= 0.6 is 0 Å². The molecule has 0 saturated heterocycles. The third-order valence-electron chi connectivity index (χ3n) is 3.41. The van der Waals surface area contributed by atoms with Crippen LogP contribution in [0, 0.1) is 0 Å². The molecule has 0 atom stereocenters. The summed E-state index contributed by atoms with van der Waals surface area (Å²) in [6.07, 6.45) is 2.10. The summed E-state index contributed by atoms with van der Waals surface area (Å²) in [7, 11) is 1.39. The smallest absolute Gasteiger partial charge is 0.309 e. The Bertz CT molecular complexity index is 798. The fourth-order valence-corrected chi connectivity index (χ4v) is 2.25. The van der Waals surface area contributed by atoms with Crippen molar-refractivity contribution in [2.75, 3.05) is 12.4 Å². The van der Waals surface area contributed by atoms with Gasteiger partial charge < -0.3 is 10.1 Å². The van der Waals surface area contributed by atoms with Gasteiger partial charge in [-0.3, -0.25) is 9.78 Å². The van der Waals surface area contributed by atoms with Crippen molar-refractivity contribution in [1.82, 2.24) is 4.98 Å². The van der Waals surface area contributed by atoms with Crippen molar-refractivity contribution in [2.45, 2.75) is 6.42 Å². The van der Waals surface area contributed by atoms with Gasteiger partial charge in [-0.1, -0.05) is 30.3 Å². The van der Waals surface area contributed by atoms with Gasteiger partial charge in [0.2, 0.25) is 0 Å². The minimum atomic E-state index is -0.237. The van der Waals surface area contributed by atoms with Gasteiger partial charge in [0.1, 0.15) is 0 Å². The second kappa shape index (κ2) is 6.26. The molecule has 4 heteroatoms. The van der Waals surface area contributed by atoms with Crippen LogP contribution in [-0.2, 0) is 16.0 Å². The molecule has 1 aromatic heterocycles. The largest absolute Gasteiger partial charge is 0.469 e. The zero-order valence-electron chi connectivity index (χ0n) is 12.2. The van der Waals surface area contributed by atoms with Gasteiger partial charge in [0, 0.05) is 11.1 Å². The first kappa shape index (κ1) is 14.1. The van der Waals surface area contributed by atoms with Crippen molar-refractivity contribution in [1.29, 1.82) is 0 Å². The molecule has 4 nitrogen and oxygen atoms in total. The molecule has 1 N–H and O–H groups in total. The minimum absolute atomic E-state index is 0.237. The highest BCUT2D eigenvalue weighted by Crippen LogP contribution is 2.20. The number of esters is 1. The predicted octanol–water partition coefficient (Wildman–Crippen LogP) is 3.69. The number of hydrogen-bond acceptors (Lipinski definition) is 4. The van der Waals surface area contributed by atoms with Crippen LogP contribution in [0.4, 0.5) is 11.4 Å². The molecular formula is C18H16N2O2. The first-order valence-electron chi connectivity index (χ1n) is 7.02. The Kier molecular flexibility index (Phi) is 4.01. The van der Waals surface area contributed by atoms with E-state index >= 15 is 0 Å². The molecule has 22 heavy (non-hydrogen) atoms. The molecular weight excluding hydrogens is 276 g/mol. The van der Waals surface area contributed by atoms with Gasteiger partial charge in [-0.05, 0) is 29.8 Å². The fourth-order valence-electron chi connectivity index (χ4n) is 2.25. The maximum absolute atomic E-state index is 11.2. The van der Waals surface area contributed by atoms with Gasteiger partial charge in [-0.15, -0.1) is 0 Å². The van der Waals surface area contributed by atoms with Gasteiger partial charge in [-0.25, -0.2) is 0 Å². The molecule has 0 saturated carbocycles. The van der Waals surface area contributed by atoms with E-state index in [9.17, 15) is 4.79 Å². The summed E-state index contributed by atoms with van der Waals surface area (Å²) in [5, 5.41) is 4.40. The SMILES string of the molecule is COC(=O)Cc1ccc(Nc2cnc3ccccc3c2)cc1. The van der Waals surface area contributed by atoms with Crippen LogP contribution in [0.2, 0.25) is 0 Å². The van der Waals surface area contributed by atoms with Gasteiger partial charge in [0.15, 0.2) is 0 Å². The number of carbonyl (C=O) groups excluding carboxylic acids is 1. The molecule has 0 radical (unpaired) electrons. The number of carbonyl (C=O) groups is 1. The van der Waals surface area contributed by atoms with E-state index in [1.54, 1.807) is 0 Å². The maximum Gasteiger partial charge on any atom is 0.309 e. The standard InChI is InChI=1S/C18H16N2O2/c1-22-18(21)10-13-6-8-15(9-7-13)20-16-11-14-4-2-3-5-17(14)19-12-16/h2-9,11-12,20H,10H2,1H3. The maximum atomic E-state index is 11.2. The van der Waals surface area contributed by atoms with Crippen LogP contribution in [0.5, 0.6) is 0 Å². The molecule has 0 bridgehead atoms. The molecule has 0 unspecified atom stereocenters. The van der Waals surface area contributed by atoms with E-state index in [4.69, 9.17) is 0 Å². The summed E-state index contributed by atoms with van der Waals surface area (Å²) in [6, 6.07) is 17.7. The lowest BCUT2D eigenvalue weighted by atomic mass is 10.1. The van der Waals surface area contributed by atoms with Crippen molar-refractivity contribution >= 4 is 28.2 Å². The molecule has 0 spiro atoms. The van der Waals surface area contributed by atoms with Crippen LogP contribution in [0.1, 0.15) is 5.56 Å². The molecule has 0 amide bonds. The van der Waals surface area contributed by atoms with Crippen LogP contribution < -0.4 is 5.32 Å². The van der Waals surface area contributed by atoms with E-state index in [0.717, 1.165) is 27.8 Å². The molecule has 2 aromatic carbocycles. The highest BCUT2D eigenvalue weighted by Gasteiger charge is 2.03. The molecule has 0 aliphatic heterocycles. The second-order valence-corrected chi connectivity index (χ2v) is 4.99. The second-order valence-electron chi connectivity index (χ2n) is 4.99. The monoisotopic (exact) mass is 292 g/mol. The normalized spacial score (nSPS) is 10.4. The third-order valence-corrected chi connectivity index (χ3v) is 3.41. The summed E-state index contributed by atoms with van der Waals surface area (Å²) >= 11 is 0. The van der Waals surface area contributed by atoms with Crippen molar-refractivity contribution in [3.63, 3.8) is 0 Å². The van der Waals surface area contributed by atoms with Gasteiger partial charge in [0.25, 0.3) is 0 Å². The number of para-hydroxylation sites is 1. The Morgan fingerprint density at radius 2 is 1.86 bits per heavy atom. The number of rotatable bonds is 4. The summed E-state index contributed by atoms with van der Waals surface area (Å²) in [6.45, 7) is 0. The number of methoxy groups -OCH3 is 1. The number of aromatic nitrogens is 1. The van der Waals surface area contributed by atoms with Crippen molar-refractivity contribution < 1.29 is 9.53 Å². The van der Waals surface area contributed by atoms with E-state index in [0.29, 0.717) is 0 Å². The number of benzene rings is 2. The van der Waals surface area contributed by atoms with Gasteiger partial charge >= 0.3 is 5.97 Å². The highest BCUT2D eigenvalue weighted by molar-refractivity contribution is 5.82. The van der Waals surface area contributed by atoms with E-state index in [1.807, 2.05) is 54.7 Å². The zero-order chi connectivity index (χ0) is 15.4. The van der Waals surface area contributed by atoms with Crippen molar-refractivity contribution in [3.05, 3.63) is 66.4 Å².